The standard InChI is InChI=1S/C18H22F3NO4/c1-11(12-5-4-6-14(8-12)18(19,20)21)7-15(23)22(2)16(17(24)25-3)13-9-26-10-13/h4-6,8,11,13,16H,7,9-10H2,1-3H3. The molecule has 0 radical (unpaired) electrons. The van der Waals surface area contributed by atoms with Crippen LogP contribution in [0.15, 0.2) is 24.3 Å². The highest BCUT2D eigenvalue weighted by molar-refractivity contribution is 5.85. The summed E-state index contributed by atoms with van der Waals surface area (Å²) >= 11 is 0. The van der Waals surface area contributed by atoms with E-state index in [4.69, 9.17) is 9.47 Å². The Labute approximate surface area is 150 Å². The molecule has 2 rings (SSSR count). The Hall–Kier alpha value is -2.09. The van der Waals surface area contributed by atoms with E-state index in [9.17, 15) is 22.8 Å². The van der Waals surface area contributed by atoms with Gasteiger partial charge in [0.2, 0.25) is 5.91 Å². The molecule has 1 aromatic carbocycles. The molecule has 0 N–H and O–H groups in total. The first-order valence-corrected chi connectivity index (χ1v) is 8.23. The predicted molar refractivity (Wildman–Crippen MR) is 87.4 cm³/mol. The first-order valence-electron chi connectivity index (χ1n) is 8.23. The number of amides is 1. The number of alkyl halides is 3. The van der Waals surface area contributed by atoms with E-state index >= 15 is 0 Å². The van der Waals surface area contributed by atoms with Crippen LogP contribution in [0.25, 0.3) is 0 Å². The largest absolute Gasteiger partial charge is 0.467 e. The van der Waals surface area contributed by atoms with E-state index in [1.807, 2.05) is 0 Å². The van der Waals surface area contributed by atoms with Gasteiger partial charge in [-0.1, -0.05) is 25.1 Å². The SMILES string of the molecule is COC(=O)C(C1COC1)N(C)C(=O)CC(C)c1cccc(C(F)(F)F)c1. The fourth-order valence-electron chi connectivity index (χ4n) is 2.92. The monoisotopic (exact) mass is 373 g/mol. The number of rotatable bonds is 6. The molecule has 1 aliphatic rings. The van der Waals surface area contributed by atoms with Gasteiger partial charge < -0.3 is 14.4 Å². The molecule has 1 amide bonds. The second-order valence-electron chi connectivity index (χ2n) is 6.50. The van der Waals surface area contributed by atoms with Crippen molar-refractivity contribution < 1.29 is 32.2 Å². The van der Waals surface area contributed by atoms with Gasteiger partial charge in [-0.15, -0.1) is 0 Å². The maximum absolute atomic E-state index is 12.9. The smallest absolute Gasteiger partial charge is 0.416 e. The zero-order valence-electron chi connectivity index (χ0n) is 14.9. The van der Waals surface area contributed by atoms with Crippen LogP contribution in [0.5, 0.6) is 0 Å². The maximum atomic E-state index is 12.9. The van der Waals surface area contributed by atoms with Crippen LogP contribution < -0.4 is 0 Å². The lowest BCUT2D eigenvalue weighted by molar-refractivity contribution is -0.163. The maximum Gasteiger partial charge on any atom is 0.416 e. The molecule has 5 nitrogen and oxygen atoms in total. The van der Waals surface area contributed by atoms with Gasteiger partial charge in [0.15, 0.2) is 0 Å². The molecule has 2 atom stereocenters. The summed E-state index contributed by atoms with van der Waals surface area (Å²) in [6, 6.07) is 4.18. The molecule has 1 heterocycles. The Morgan fingerprint density at radius 2 is 2.00 bits per heavy atom. The highest BCUT2D eigenvalue weighted by Crippen LogP contribution is 2.32. The van der Waals surface area contributed by atoms with E-state index in [1.165, 1.54) is 25.1 Å². The second kappa shape index (κ2) is 8.07. The number of benzene rings is 1. The minimum Gasteiger partial charge on any atom is -0.467 e. The molecule has 1 fully saturated rings. The number of carbonyl (C=O) groups excluding carboxylic acids is 2. The minimum absolute atomic E-state index is 0.0150. The summed E-state index contributed by atoms with van der Waals surface area (Å²) in [7, 11) is 2.75. The van der Waals surface area contributed by atoms with Gasteiger partial charge in [0.25, 0.3) is 0 Å². The zero-order chi connectivity index (χ0) is 19.5. The topological polar surface area (TPSA) is 55.8 Å². The number of ether oxygens (including phenoxy) is 2. The lowest BCUT2D eigenvalue weighted by Gasteiger charge is -2.37. The summed E-state index contributed by atoms with van der Waals surface area (Å²) < 4.78 is 48.4. The van der Waals surface area contributed by atoms with Crippen molar-refractivity contribution in [3.63, 3.8) is 0 Å². The van der Waals surface area contributed by atoms with Gasteiger partial charge in [-0.25, -0.2) is 4.79 Å². The second-order valence-corrected chi connectivity index (χ2v) is 6.50. The van der Waals surface area contributed by atoms with Crippen molar-refractivity contribution >= 4 is 11.9 Å². The summed E-state index contributed by atoms with van der Waals surface area (Å²) in [6.07, 6.45) is -4.45. The van der Waals surface area contributed by atoms with Gasteiger partial charge >= 0.3 is 12.1 Å². The molecule has 0 spiro atoms. The first kappa shape index (κ1) is 20.2. The molecular formula is C18H22F3NO4. The lowest BCUT2D eigenvalue weighted by Crippen LogP contribution is -2.53. The van der Waals surface area contributed by atoms with Crippen LogP contribution in [-0.2, 0) is 25.2 Å². The molecule has 0 aliphatic carbocycles. The molecule has 26 heavy (non-hydrogen) atoms. The van der Waals surface area contributed by atoms with Gasteiger partial charge in [0.05, 0.1) is 25.9 Å². The van der Waals surface area contributed by atoms with Crippen LogP contribution in [0.2, 0.25) is 0 Å². The van der Waals surface area contributed by atoms with Gasteiger partial charge in [0, 0.05) is 19.4 Å². The number of methoxy groups -OCH3 is 1. The van der Waals surface area contributed by atoms with Crippen LogP contribution in [0.3, 0.4) is 0 Å². The molecule has 2 unspecified atom stereocenters. The molecule has 1 aliphatic heterocycles. The number of carbonyl (C=O) groups is 2. The van der Waals surface area contributed by atoms with E-state index in [0.29, 0.717) is 18.8 Å². The molecule has 0 bridgehead atoms. The van der Waals surface area contributed by atoms with Crippen molar-refractivity contribution in [2.75, 3.05) is 27.4 Å². The number of halogens is 3. The fraction of sp³-hybridized carbons (Fsp3) is 0.556. The van der Waals surface area contributed by atoms with Gasteiger partial charge in [0.1, 0.15) is 6.04 Å². The predicted octanol–water partition coefficient (Wildman–Crippen LogP) is 2.85. The van der Waals surface area contributed by atoms with E-state index in [1.54, 1.807) is 13.0 Å². The zero-order valence-corrected chi connectivity index (χ0v) is 14.9. The molecule has 0 saturated carbocycles. The summed E-state index contributed by atoms with van der Waals surface area (Å²) in [4.78, 5) is 25.9. The number of esters is 1. The highest BCUT2D eigenvalue weighted by atomic mass is 19.4. The Balaban J connectivity index is 2.09. The molecule has 1 aromatic rings. The van der Waals surface area contributed by atoms with Crippen molar-refractivity contribution in [2.45, 2.75) is 31.5 Å². The summed E-state index contributed by atoms with van der Waals surface area (Å²) in [6.45, 7) is 2.40. The Morgan fingerprint density at radius 3 is 2.50 bits per heavy atom. The van der Waals surface area contributed by atoms with Crippen molar-refractivity contribution in [2.24, 2.45) is 5.92 Å². The third kappa shape index (κ3) is 4.55. The average molecular weight is 373 g/mol. The Kier molecular flexibility index (Phi) is 6.28. The lowest BCUT2D eigenvalue weighted by atomic mass is 9.93. The molecule has 0 aromatic heterocycles. The average Bonchev–Trinajstić information content (AvgIpc) is 2.55. The van der Waals surface area contributed by atoms with E-state index in [0.717, 1.165) is 12.1 Å². The van der Waals surface area contributed by atoms with E-state index < -0.39 is 29.7 Å². The Morgan fingerprint density at radius 1 is 1.35 bits per heavy atom. The summed E-state index contributed by atoms with van der Waals surface area (Å²) in [5.41, 5.74) is -0.329. The van der Waals surface area contributed by atoms with E-state index in [-0.39, 0.29) is 18.2 Å². The summed E-state index contributed by atoms with van der Waals surface area (Å²) in [5.74, 6) is -1.43. The third-order valence-electron chi connectivity index (χ3n) is 4.63. The van der Waals surface area contributed by atoms with Gasteiger partial charge in [-0.05, 0) is 17.5 Å². The van der Waals surface area contributed by atoms with Gasteiger partial charge in [-0.3, -0.25) is 4.79 Å². The minimum atomic E-state index is -4.43. The summed E-state index contributed by atoms with van der Waals surface area (Å²) in [5, 5.41) is 0. The van der Waals surface area contributed by atoms with Crippen LogP contribution in [0.1, 0.15) is 30.4 Å². The van der Waals surface area contributed by atoms with E-state index in [2.05, 4.69) is 0 Å². The number of nitrogens with zero attached hydrogens (tertiary/aromatic N) is 1. The van der Waals surface area contributed by atoms with Crippen LogP contribution >= 0.6 is 0 Å². The van der Waals surface area contributed by atoms with Crippen molar-refractivity contribution in [1.29, 1.82) is 0 Å². The van der Waals surface area contributed by atoms with Crippen LogP contribution in [-0.4, -0.2) is 50.2 Å². The molecular weight excluding hydrogens is 351 g/mol. The molecule has 8 heteroatoms. The van der Waals surface area contributed by atoms with Gasteiger partial charge in [-0.2, -0.15) is 13.2 Å². The normalized spacial score (nSPS) is 17.2. The van der Waals surface area contributed by atoms with Crippen LogP contribution in [0.4, 0.5) is 13.2 Å². The van der Waals surface area contributed by atoms with Crippen molar-refractivity contribution in [3.8, 4) is 0 Å². The quantitative estimate of drug-likeness (QED) is 0.720. The highest BCUT2D eigenvalue weighted by Gasteiger charge is 2.39. The number of hydrogen-bond acceptors (Lipinski definition) is 4. The third-order valence-corrected chi connectivity index (χ3v) is 4.63. The Bertz CT molecular complexity index is 658. The first-order chi connectivity index (χ1) is 12.1. The number of likely N-dealkylation sites (N-methyl/N-ethyl adjacent to an activating group) is 1. The fourth-order valence-corrected chi connectivity index (χ4v) is 2.92. The molecule has 144 valence electrons. The van der Waals surface area contributed by atoms with Crippen LogP contribution in [0, 0.1) is 5.92 Å². The molecule has 1 saturated heterocycles. The van der Waals surface area contributed by atoms with Crippen molar-refractivity contribution in [1.82, 2.24) is 4.90 Å². The van der Waals surface area contributed by atoms with Crippen molar-refractivity contribution in [3.05, 3.63) is 35.4 Å². The number of hydrogen-bond donors (Lipinski definition) is 0.